The molecule has 2 fully saturated rings. The molecule has 1 N–H and O–H groups in total. The molecule has 0 spiro atoms. The van der Waals surface area contributed by atoms with Gasteiger partial charge in [0.05, 0.1) is 0 Å². The van der Waals surface area contributed by atoms with Crippen LogP contribution in [0.4, 0.5) is 0 Å². The van der Waals surface area contributed by atoms with Gasteiger partial charge in [0.15, 0.2) is 0 Å². The molecule has 1 aliphatic carbocycles. The summed E-state index contributed by atoms with van der Waals surface area (Å²) in [5.74, 6) is 0.510. The highest BCUT2D eigenvalue weighted by Gasteiger charge is 2.45. The Kier molecular flexibility index (Phi) is 5.25. The Morgan fingerprint density at radius 2 is 1.95 bits per heavy atom. The summed E-state index contributed by atoms with van der Waals surface area (Å²) < 4.78 is 0. The number of hydrogen-bond donors (Lipinski definition) is 1. The van der Waals surface area contributed by atoms with Gasteiger partial charge < -0.3 is 15.1 Å². The van der Waals surface area contributed by atoms with E-state index in [2.05, 4.69) is 31.1 Å². The average Bonchev–Trinajstić information content (AvgIpc) is 3.26. The summed E-state index contributed by atoms with van der Waals surface area (Å²) in [4.78, 5) is 28.6. The van der Waals surface area contributed by atoms with Crippen LogP contribution in [-0.4, -0.2) is 59.9 Å². The van der Waals surface area contributed by atoms with Gasteiger partial charge >= 0.3 is 0 Å². The zero-order valence-corrected chi connectivity index (χ0v) is 13.8. The third-order valence-corrected chi connectivity index (χ3v) is 4.83. The molecule has 0 aromatic rings. The van der Waals surface area contributed by atoms with Crippen LogP contribution in [0.25, 0.3) is 0 Å². The van der Waals surface area contributed by atoms with Gasteiger partial charge in [0.2, 0.25) is 11.8 Å². The van der Waals surface area contributed by atoms with E-state index in [9.17, 15) is 9.59 Å². The first-order valence-corrected chi connectivity index (χ1v) is 8.23. The van der Waals surface area contributed by atoms with E-state index in [0.717, 1.165) is 32.2 Å². The van der Waals surface area contributed by atoms with E-state index in [0.29, 0.717) is 18.5 Å². The van der Waals surface area contributed by atoms with Crippen LogP contribution < -0.4 is 5.32 Å². The van der Waals surface area contributed by atoms with Gasteiger partial charge in [-0.05, 0) is 66.0 Å². The number of nitrogens with zero attached hydrogens (tertiary/aromatic N) is 2. The van der Waals surface area contributed by atoms with Crippen LogP contribution in [0.1, 0.15) is 46.5 Å². The molecular weight excluding hydrogens is 266 g/mol. The molecule has 2 atom stereocenters. The second-order valence-electron chi connectivity index (χ2n) is 6.81. The molecule has 0 aromatic carbocycles. The fourth-order valence-corrected chi connectivity index (χ4v) is 2.80. The lowest BCUT2D eigenvalue weighted by molar-refractivity contribution is -0.149. The van der Waals surface area contributed by atoms with Gasteiger partial charge in [-0.15, -0.1) is 0 Å². The lowest BCUT2D eigenvalue weighted by Crippen LogP contribution is -2.63. The minimum absolute atomic E-state index is 0.00537. The van der Waals surface area contributed by atoms with Crippen molar-refractivity contribution < 1.29 is 9.59 Å². The van der Waals surface area contributed by atoms with Gasteiger partial charge in [-0.1, -0.05) is 0 Å². The molecule has 21 heavy (non-hydrogen) atoms. The molecule has 2 aliphatic rings. The first-order valence-electron chi connectivity index (χ1n) is 8.23. The number of carbonyl (C=O) groups is 2. The summed E-state index contributed by atoms with van der Waals surface area (Å²) >= 11 is 0. The highest BCUT2D eigenvalue weighted by Crippen LogP contribution is 2.35. The fraction of sp³-hybridized carbons (Fsp3) is 0.875. The van der Waals surface area contributed by atoms with Crippen molar-refractivity contribution in [3.63, 3.8) is 0 Å². The van der Waals surface area contributed by atoms with Crippen LogP contribution >= 0.6 is 0 Å². The predicted octanol–water partition coefficient (Wildman–Crippen LogP) is 1.23. The molecule has 2 unspecified atom stereocenters. The number of hydrogen-bond acceptors (Lipinski definition) is 3. The van der Waals surface area contributed by atoms with Crippen molar-refractivity contribution in [1.29, 1.82) is 0 Å². The predicted molar refractivity (Wildman–Crippen MR) is 82.8 cm³/mol. The first kappa shape index (κ1) is 16.3. The third-order valence-electron chi connectivity index (χ3n) is 4.83. The third kappa shape index (κ3) is 3.96. The van der Waals surface area contributed by atoms with Crippen LogP contribution in [-0.2, 0) is 9.59 Å². The molecule has 120 valence electrons. The normalized spacial score (nSPS) is 26.7. The molecule has 5 heteroatoms. The van der Waals surface area contributed by atoms with Gasteiger partial charge in [-0.3, -0.25) is 9.59 Å². The molecule has 2 amide bonds. The smallest absolute Gasteiger partial charge is 0.246 e. The van der Waals surface area contributed by atoms with E-state index in [4.69, 9.17) is 0 Å². The van der Waals surface area contributed by atoms with Crippen molar-refractivity contribution in [2.75, 3.05) is 20.1 Å². The van der Waals surface area contributed by atoms with Crippen LogP contribution in [0.15, 0.2) is 0 Å². The van der Waals surface area contributed by atoms with Gasteiger partial charge in [0.1, 0.15) is 12.1 Å². The van der Waals surface area contributed by atoms with E-state index in [1.165, 1.54) is 0 Å². The average molecular weight is 295 g/mol. The lowest BCUT2D eigenvalue weighted by atomic mass is 10.0. The summed E-state index contributed by atoms with van der Waals surface area (Å²) in [5.41, 5.74) is 0. The second-order valence-corrected chi connectivity index (χ2v) is 6.81. The Bertz CT molecular complexity index is 393. The van der Waals surface area contributed by atoms with E-state index >= 15 is 0 Å². The van der Waals surface area contributed by atoms with Crippen LogP contribution in [0.5, 0.6) is 0 Å². The topological polar surface area (TPSA) is 52.6 Å². The number of piperazine rings is 1. The van der Waals surface area contributed by atoms with Gasteiger partial charge in [-0.2, -0.15) is 0 Å². The second kappa shape index (κ2) is 6.77. The standard InChI is InChI=1S/C16H29N3O2/c1-11(2)18(4)9-5-6-10-19-12(3)15(20)17-14(16(19)21)13-7-8-13/h11-14H,5-10H2,1-4H3,(H,17,20). The van der Waals surface area contributed by atoms with Gasteiger partial charge in [0.25, 0.3) is 0 Å². The number of nitrogens with one attached hydrogen (secondary N) is 1. The Morgan fingerprint density at radius 3 is 2.52 bits per heavy atom. The minimum atomic E-state index is -0.324. The Balaban J connectivity index is 1.82. The minimum Gasteiger partial charge on any atom is -0.342 e. The zero-order chi connectivity index (χ0) is 15.6. The van der Waals surface area contributed by atoms with Crippen LogP contribution in [0.3, 0.4) is 0 Å². The summed E-state index contributed by atoms with van der Waals surface area (Å²) in [5, 5.41) is 2.89. The highest BCUT2D eigenvalue weighted by molar-refractivity contribution is 5.97. The van der Waals surface area contributed by atoms with Crippen LogP contribution in [0, 0.1) is 5.92 Å². The van der Waals surface area contributed by atoms with Crippen molar-refractivity contribution in [3.05, 3.63) is 0 Å². The molecule has 1 saturated heterocycles. The van der Waals surface area contributed by atoms with Crippen molar-refractivity contribution in [2.45, 2.75) is 64.6 Å². The highest BCUT2D eigenvalue weighted by atomic mass is 16.2. The Morgan fingerprint density at radius 1 is 1.29 bits per heavy atom. The molecule has 5 nitrogen and oxygen atoms in total. The van der Waals surface area contributed by atoms with E-state index in [1.54, 1.807) is 4.90 Å². The van der Waals surface area contributed by atoms with Crippen molar-refractivity contribution >= 4 is 11.8 Å². The summed E-state index contributed by atoms with van der Waals surface area (Å²) in [6.45, 7) is 7.92. The SMILES string of the molecule is CC(C)N(C)CCCCN1C(=O)C(C2CC2)NC(=O)C1C. The molecule has 0 bridgehead atoms. The summed E-state index contributed by atoms with van der Waals surface area (Å²) in [7, 11) is 2.12. The maximum Gasteiger partial charge on any atom is 0.246 e. The maximum atomic E-state index is 12.5. The van der Waals surface area contributed by atoms with Gasteiger partial charge in [-0.25, -0.2) is 0 Å². The van der Waals surface area contributed by atoms with Crippen molar-refractivity contribution in [2.24, 2.45) is 5.92 Å². The van der Waals surface area contributed by atoms with Crippen LogP contribution in [0.2, 0.25) is 0 Å². The van der Waals surface area contributed by atoms with E-state index in [1.807, 2.05) is 6.92 Å². The molecule has 0 aromatic heterocycles. The number of amides is 2. The van der Waals surface area contributed by atoms with Crippen molar-refractivity contribution in [1.82, 2.24) is 15.1 Å². The van der Waals surface area contributed by atoms with E-state index in [-0.39, 0.29) is 23.9 Å². The summed E-state index contributed by atoms with van der Waals surface area (Å²) in [6.07, 6.45) is 4.15. The monoisotopic (exact) mass is 295 g/mol. The number of unbranched alkanes of at least 4 members (excludes halogenated alkanes) is 1. The first-order chi connectivity index (χ1) is 9.91. The van der Waals surface area contributed by atoms with Crippen molar-refractivity contribution in [3.8, 4) is 0 Å². The molecule has 1 saturated carbocycles. The van der Waals surface area contributed by atoms with Gasteiger partial charge in [0, 0.05) is 12.6 Å². The molecule has 1 heterocycles. The number of carbonyl (C=O) groups excluding carboxylic acids is 2. The lowest BCUT2D eigenvalue weighted by Gasteiger charge is -2.37. The molecule has 2 rings (SSSR count). The van der Waals surface area contributed by atoms with E-state index < -0.39 is 0 Å². The Hall–Kier alpha value is -1.10. The number of rotatable bonds is 7. The summed E-state index contributed by atoms with van der Waals surface area (Å²) in [6, 6.07) is -0.0343. The maximum absolute atomic E-state index is 12.5. The molecular formula is C16H29N3O2. The Labute approximate surface area is 128 Å². The molecule has 0 radical (unpaired) electrons. The largest absolute Gasteiger partial charge is 0.342 e. The molecule has 1 aliphatic heterocycles. The fourth-order valence-electron chi connectivity index (χ4n) is 2.80. The zero-order valence-electron chi connectivity index (χ0n) is 13.8. The quantitative estimate of drug-likeness (QED) is 0.719.